The van der Waals surface area contributed by atoms with Crippen LogP contribution < -0.4 is 5.32 Å². The predicted octanol–water partition coefficient (Wildman–Crippen LogP) is -1.69. The van der Waals surface area contributed by atoms with Crippen molar-refractivity contribution in [2.45, 2.75) is 37.5 Å². The minimum absolute atomic E-state index is 0.0153. The molecule has 0 bridgehead atoms. The summed E-state index contributed by atoms with van der Waals surface area (Å²) >= 11 is 0. The topological polar surface area (TPSA) is 169 Å². The van der Waals surface area contributed by atoms with Gasteiger partial charge in [-0.05, 0) is 6.92 Å². The fourth-order valence-electron chi connectivity index (χ4n) is 2.36. The normalized spacial score (nSPS) is 25.3. The number of aliphatic hydroxyl groups excluding tert-OH is 2. The zero-order chi connectivity index (χ0) is 18.5. The Morgan fingerprint density at radius 1 is 1.38 bits per heavy atom. The molecule has 0 unspecified atom stereocenters. The fraction of sp³-hybridized carbons (Fsp3) is 0.643. The average molecular weight is 346 g/mol. The molecule has 0 fully saturated rings. The quantitative estimate of drug-likeness (QED) is 0.300. The third-order valence-electron chi connectivity index (χ3n) is 3.49. The van der Waals surface area contributed by atoms with E-state index in [1.165, 1.54) is 14.0 Å². The Morgan fingerprint density at radius 2 is 2.00 bits per heavy atom. The molecule has 1 rings (SSSR count). The van der Waals surface area contributed by atoms with E-state index in [9.17, 15) is 24.9 Å². The van der Waals surface area contributed by atoms with Gasteiger partial charge in [-0.15, -0.1) is 0 Å². The van der Waals surface area contributed by atoms with E-state index in [1.54, 1.807) is 0 Å². The summed E-state index contributed by atoms with van der Waals surface area (Å²) in [5.41, 5.74) is -1.46. The maximum atomic E-state index is 11.2. The van der Waals surface area contributed by atoms with Crippen LogP contribution in [0, 0.1) is 0 Å². The Labute approximate surface area is 138 Å². The van der Waals surface area contributed by atoms with E-state index < -0.39 is 42.8 Å². The molecule has 0 spiro atoms. The maximum absolute atomic E-state index is 11.2. The number of aliphatic carboxylic acids is 2. The molecule has 0 aromatic heterocycles. The summed E-state index contributed by atoms with van der Waals surface area (Å²) in [5.74, 6) is -2.44. The Balaban J connectivity index is 3.33. The van der Waals surface area contributed by atoms with Crippen LogP contribution in [0.4, 0.5) is 0 Å². The first kappa shape index (κ1) is 19.9. The van der Waals surface area contributed by atoms with E-state index in [0.717, 1.165) is 0 Å². The van der Waals surface area contributed by atoms with Crippen LogP contribution in [-0.4, -0.2) is 81.2 Å². The number of hydrogen-bond acceptors (Lipinski definition) is 8. The highest BCUT2D eigenvalue weighted by Crippen LogP contribution is 2.30. The highest BCUT2D eigenvalue weighted by Gasteiger charge is 2.39. The molecular weight excluding hydrogens is 324 g/mol. The van der Waals surface area contributed by atoms with E-state index in [2.05, 4.69) is 10.3 Å². The predicted molar refractivity (Wildman–Crippen MR) is 81.5 cm³/mol. The lowest BCUT2D eigenvalue weighted by Crippen LogP contribution is -2.45. The van der Waals surface area contributed by atoms with Crippen molar-refractivity contribution >= 4 is 17.7 Å². The van der Waals surface area contributed by atoms with Crippen LogP contribution in [-0.2, 0) is 14.3 Å². The minimum Gasteiger partial charge on any atom is -0.493 e. The van der Waals surface area contributed by atoms with E-state index in [1.807, 2.05) is 0 Å². The third kappa shape index (κ3) is 4.91. The number of aliphatic hydroxyl groups is 3. The molecule has 24 heavy (non-hydrogen) atoms. The second-order valence-electron chi connectivity index (χ2n) is 5.59. The standard InChI is InChI=1S/C14H22N2O8/c1-7(18)11(13(21)22)16-9-4-14(23,6-17)3-8(12(9)24-2)15-5-10(19)20/h7,11,15,17-18,23H,3-6H2,1-2H3,(H,19,20)(H,21,22)/t7-,11+,14+/m1/s1. The Bertz CT molecular complexity index is 557. The lowest BCUT2D eigenvalue weighted by molar-refractivity contribution is -0.140. The summed E-state index contributed by atoms with van der Waals surface area (Å²) in [6.07, 6.45) is -1.63. The van der Waals surface area contributed by atoms with Crippen molar-refractivity contribution in [1.29, 1.82) is 0 Å². The van der Waals surface area contributed by atoms with Crippen LogP contribution in [0.15, 0.2) is 16.4 Å². The lowest BCUT2D eigenvalue weighted by Gasteiger charge is -2.34. The summed E-state index contributed by atoms with van der Waals surface area (Å²) in [6, 6.07) is -1.49. The number of carbonyl (C=O) groups is 2. The number of carboxylic acids is 2. The van der Waals surface area contributed by atoms with Crippen molar-refractivity contribution in [3.05, 3.63) is 11.5 Å². The van der Waals surface area contributed by atoms with Crippen LogP contribution in [0.25, 0.3) is 0 Å². The van der Waals surface area contributed by atoms with Gasteiger partial charge in [0.15, 0.2) is 11.8 Å². The van der Waals surface area contributed by atoms with E-state index in [4.69, 9.17) is 14.9 Å². The maximum Gasteiger partial charge on any atom is 0.331 e. The molecule has 0 saturated carbocycles. The van der Waals surface area contributed by atoms with Crippen molar-refractivity contribution in [1.82, 2.24) is 5.32 Å². The summed E-state index contributed by atoms with van der Waals surface area (Å²) < 4.78 is 5.17. The van der Waals surface area contributed by atoms with E-state index in [0.29, 0.717) is 0 Å². The summed E-state index contributed by atoms with van der Waals surface area (Å²) in [7, 11) is 1.29. The lowest BCUT2D eigenvalue weighted by atomic mass is 9.85. The number of nitrogens with one attached hydrogen (secondary N) is 1. The van der Waals surface area contributed by atoms with Gasteiger partial charge in [0.05, 0.1) is 36.8 Å². The Kier molecular flexibility index (Phi) is 6.70. The summed E-state index contributed by atoms with van der Waals surface area (Å²) in [6.45, 7) is 0.146. The first-order valence-electron chi connectivity index (χ1n) is 7.17. The van der Waals surface area contributed by atoms with Gasteiger partial charge in [0.2, 0.25) is 0 Å². The van der Waals surface area contributed by atoms with Gasteiger partial charge >= 0.3 is 11.9 Å². The molecule has 0 heterocycles. The largest absolute Gasteiger partial charge is 0.493 e. The molecule has 0 amide bonds. The molecule has 0 aromatic rings. The van der Waals surface area contributed by atoms with Crippen molar-refractivity contribution < 1.29 is 39.9 Å². The third-order valence-corrected chi connectivity index (χ3v) is 3.49. The average Bonchev–Trinajstić information content (AvgIpc) is 2.49. The molecule has 10 heteroatoms. The van der Waals surface area contributed by atoms with Crippen LogP contribution >= 0.6 is 0 Å². The first-order chi connectivity index (χ1) is 11.1. The molecule has 6 N–H and O–H groups in total. The first-order valence-corrected chi connectivity index (χ1v) is 7.17. The molecule has 1 aliphatic rings. The van der Waals surface area contributed by atoms with Crippen molar-refractivity contribution in [2.75, 3.05) is 20.3 Å². The highest BCUT2D eigenvalue weighted by molar-refractivity contribution is 6.02. The van der Waals surface area contributed by atoms with Gasteiger partial charge in [-0.2, -0.15) is 0 Å². The molecule has 1 aliphatic carbocycles. The zero-order valence-electron chi connectivity index (χ0n) is 13.4. The molecule has 3 atom stereocenters. The van der Waals surface area contributed by atoms with Gasteiger partial charge in [-0.1, -0.05) is 0 Å². The molecule has 10 nitrogen and oxygen atoms in total. The number of allylic oxidation sites excluding steroid dienone is 1. The van der Waals surface area contributed by atoms with Crippen molar-refractivity contribution in [3.8, 4) is 0 Å². The number of carboxylic acid groups (broad SMARTS) is 2. The van der Waals surface area contributed by atoms with Gasteiger partial charge in [-0.25, -0.2) is 4.79 Å². The number of ether oxygens (including phenoxy) is 1. The van der Waals surface area contributed by atoms with Crippen molar-refractivity contribution in [2.24, 2.45) is 4.99 Å². The Morgan fingerprint density at radius 3 is 2.42 bits per heavy atom. The summed E-state index contributed by atoms with van der Waals surface area (Å²) in [5, 5.41) is 49.8. The molecule has 136 valence electrons. The number of hydrogen-bond donors (Lipinski definition) is 6. The second-order valence-corrected chi connectivity index (χ2v) is 5.59. The Hall–Kier alpha value is -2.17. The van der Waals surface area contributed by atoms with E-state index >= 15 is 0 Å². The highest BCUT2D eigenvalue weighted by atomic mass is 16.5. The molecule has 0 aliphatic heterocycles. The van der Waals surface area contributed by atoms with Crippen LogP contribution in [0.1, 0.15) is 19.8 Å². The number of methoxy groups -OCH3 is 1. The molecule has 0 saturated heterocycles. The smallest absolute Gasteiger partial charge is 0.331 e. The monoisotopic (exact) mass is 346 g/mol. The second kappa shape index (κ2) is 8.08. The van der Waals surface area contributed by atoms with Crippen molar-refractivity contribution in [3.63, 3.8) is 0 Å². The summed E-state index contributed by atoms with van der Waals surface area (Å²) in [4.78, 5) is 25.9. The number of nitrogens with zero attached hydrogens (tertiary/aromatic N) is 1. The van der Waals surface area contributed by atoms with Gasteiger partial charge in [0.25, 0.3) is 0 Å². The van der Waals surface area contributed by atoms with Gasteiger partial charge in [0, 0.05) is 12.8 Å². The van der Waals surface area contributed by atoms with Crippen LogP contribution in [0.2, 0.25) is 0 Å². The van der Waals surface area contributed by atoms with E-state index in [-0.39, 0.29) is 30.0 Å². The zero-order valence-corrected chi connectivity index (χ0v) is 13.4. The SMILES string of the molecule is COC1=C(NCC(=O)O)C[C@@](O)(CO)CC1=N[C@H](C(=O)O)[C@@H](C)O. The van der Waals surface area contributed by atoms with Gasteiger partial charge in [0.1, 0.15) is 6.54 Å². The molecule has 0 radical (unpaired) electrons. The molecular formula is C14H22N2O8. The number of rotatable bonds is 8. The number of aliphatic imine (C=N–C) groups is 1. The van der Waals surface area contributed by atoms with Gasteiger partial charge in [-0.3, -0.25) is 9.79 Å². The fourth-order valence-corrected chi connectivity index (χ4v) is 2.36. The minimum atomic E-state index is -1.65. The van der Waals surface area contributed by atoms with Crippen LogP contribution in [0.5, 0.6) is 0 Å². The van der Waals surface area contributed by atoms with Gasteiger partial charge < -0.3 is 35.6 Å². The molecule has 0 aromatic carbocycles. The van der Waals surface area contributed by atoms with Crippen LogP contribution in [0.3, 0.4) is 0 Å².